The van der Waals surface area contributed by atoms with Crippen molar-refractivity contribution in [2.24, 2.45) is 0 Å². The molecule has 1 unspecified atom stereocenters. The van der Waals surface area contributed by atoms with E-state index in [4.69, 9.17) is 4.74 Å². The summed E-state index contributed by atoms with van der Waals surface area (Å²) in [5.74, 6) is -0.108. The Balaban J connectivity index is 1.94. The topological polar surface area (TPSA) is 55.4 Å². The maximum atomic E-state index is 11.8. The first kappa shape index (κ1) is 11.8. The maximum absolute atomic E-state index is 11.8. The summed E-state index contributed by atoms with van der Waals surface area (Å²) in [7, 11) is 0. The second-order valence-corrected chi connectivity index (χ2v) is 4.08. The summed E-state index contributed by atoms with van der Waals surface area (Å²) in [4.78, 5) is 22.3. The standard InChI is InChI=1S/C13H15NO3/c15-9-10-4-6-11(7-5-10)14-13(16)12-3-1-2-8-17-12/h4-7,9,12H,1-3,8H2,(H,14,16). The Morgan fingerprint density at radius 2 is 2.06 bits per heavy atom. The summed E-state index contributed by atoms with van der Waals surface area (Å²) in [6, 6.07) is 6.77. The van der Waals surface area contributed by atoms with Gasteiger partial charge in [0.2, 0.25) is 0 Å². The summed E-state index contributed by atoms with van der Waals surface area (Å²) >= 11 is 0. The van der Waals surface area contributed by atoms with Crippen molar-refractivity contribution in [3.8, 4) is 0 Å². The van der Waals surface area contributed by atoms with Crippen LogP contribution in [-0.4, -0.2) is 24.9 Å². The highest BCUT2D eigenvalue weighted by Crippen LogP contribution is 2.15. The molecule has 1 atom stereocenters. The molecule has 1 fully saturated rings. The maximum Gasteiger partial charge on any atom is 0.253 e. The van der Waals surface area contributed by atoms with E-state index in [-0.39, 0.29) is 12.0 Å². The number of aldehydes is 1. The van der Waals surface area contributed by atoms with Crippen molar-refractivity contribution in [1.29, 1.82) is 0 Å². The minimum atomic E-state index is -0.338. The smallest absolute Gasteiger partial charge is 0.253 e. The van der Waals surface area contributed by atoms with Gasteiger partial charge in [0.1, 0.15) is 12.4 Å². The molecule has 90 valence electrons. The Bertz CT molecular complexity index is 394. The van der Waals surface area contributed by atoms with Crippen LogP contribution in [0.15, 0.2) is 24.3 Å². The summed E-state index contributed by atoms with van der Waals surface area (Å²) in [5, 5.41) is 2.78. The molecule has 1 aliphatic rings. The normalized spacial score (nSPS) is 19.6. The number of carbonyl (C=O) groups excluding carboxylic acids is 2. The lowest BCUT2D eigenvalue weighted by Gasteiger charge is -2.21. The van der Waals surface area contributed by atoms with E-state index in [1.54, 1.807) is 24.3 Å². The van der Waals surface area contributed by atoms with Gasteiger partial charge in [-0.1, -0.05) is 0 Å². The minimum Gasteiger partial charge on any atom is -0.368 e. The third-order valence-corrected chi connectivity index (χ3v) is 2.79. The number of anilines is 1. The quantitative estimate of drug-likeness (QED) is 0.812. The highest BCUT2D eigenvalue weighted by Gasteiger charge is 2.21. The fourth-order valence-electron chi connectivity index (χ4n) is 1.82. The number of hydrogen-bond donors (Lipinski definition) is 1. The molecule has 17 heavy (non-hydrogen) atoms. The Labute approximate surface area is 100.0 Å². The van der Waals surface area contributed by atoms with Crippen LogP contribution in [0.4, 0.5) is 5.69 Å². The minimum absolute atomic E-state index is 0.108. The van der Waals surface area contributed by atoms with E-state index in [9.17, 15) is 9.59 Å². The molecule has 0 aliphatic carbocycles. The third kappa shape index (κ3) is 3.14. The number of ether oxygens (including phenoxy) is 1. The van der Waals surface area contributed by atoms with Crippen LogP contribution in [0.25, 0.3) is 0 Å². The highest BCUT2D eigenvalue weighted by atomic mass is 16.5. The van der Waals surface area contributed by atoms with Crippen molar-refractivity contribution in [3.05, 3.63) is 29.8 Å². The van der Waals surface area contributed by atoms with Gasteiger partial charge in [-0.15, -0.1) is 0 Å². The first-order chi connectivity index (χ1) is 8.29. The average Bonchev–Trinajstić information content (AvgIpc) is 2.40. The molecule has 4 heteroatoms. The van der Waals surface area contributed by atoms with Crippen LogP contribution in [0.1, 0.15) is 29.6 Å². The SMILES string of the molecule is O=Cc1ccc(NC(=O)C2CCCCO2)cc1. The summed E-state index contributed by atoms with van der Waals surface area (Å²) in [6.45, 7) is 0.655. The van der Waals surface area contributed by atoms with E-state index >= 15 is 0 Å². The predicted molar refractivity (Wildman–Crippen MR) is 64.1 cm³/mol. The second-order valence-electron chi connectivity index (χ2n) is 4.08. The molecule has 1 aromatic rings. The molecule has 0 spiro atoms. The average molecular weight is 233 g/mol. The van der Waals surface area contributed by atoms with Crippen molar-refractivity contribution in [3.63, 3.8) is 0 Å². The predicted octanol–water partition coefficient (Wildman–Crippen LogP) is 2.01. The third-order valence-electron chi connectivity index (χ3n) is 2.79. The van der Waals surface area contributed by atoms with Crippen LogP contribution in [-0.2, 0) is 9.53 Å². The van der Waals surface area contributed by atoms with Crippen LogP contribution in [0, 0.1) is 0 Å². The van der Waals surface area contributed by atoms with Gasteiger partial charge in [0.25, 0.3) is 5.91 Å². The van der Waals surface area contributed by atoms with Gasteiger partial charge in [-0.2, -0.15) is 0 Å². The van der Waals surface area contributed by atoms with Gasteiger partial charge in [0, 0.05) is 17.9 Å². The summed E-state index contributed by atoms with van der Waals surface area (Å²) < 4.78 is 5.39. The van der Waals surface area contributed by atoms with E-state index in [1.165, 1.54) is 0 Å². The largest absolute Gasteiger partial charge is 0.368 e. The zero-order chi connectivity index (χ0) is 12.1. The van der Waals surface area contributed by atoms with Gasteiger partial charge >= 0.3 is 0 Å². The Kier molecular flexibility index (Phi) is 3.88. The van der Waals surface area contributed by atoms with E-state index in [0.717, 1.165) is 25.5 Å². The molecule has 0 radical (unpaired) electrons. The van der Waals surface area contributed by atoms with Gasteiger partial charge in [0.05, 0.1) is 0 Å². The number of hydrogen-bond acceptors (Lipinski definition) is 3. The fraction of sp³-hybridized carbons (Fsp3) is 0.385. The number of amides is 1. The lowest BCUT2D eigenvalue weighted by Crippen LogP contribution is -2.33. The van der Waals surface area contributed by atoms with Crippen molar-refractivity contribution < 1.29 is 14.3 Å². The van der Waals surface area contributed by atoms with E-state index in [2.05, 4.69) is 5.32 Å². The molecule has 1 aliphatic heterocycles. The van der Waals surface area contributed by atoms with Crippen molar-refractivity contribution in [2.45, 2.75) is 25.4 Å². The van der Waals surface area contributed by atoms with Gasteiger partial charge in [-0.25, -0.2) is 0 Å². The number of carbonyl (C=O) groups is 2. The van der Waals surface area contributed by atoms with E-state index in [0.29, 0.717) is 17.9 Å². The number of nitrogens with one attached hydrogen (secondary N) is 1. The molecule has 1 aromatic carbocycles. The van der Waals surface area contributed by atoms with E-state index in [1.807, 2.05) is 0 Å². The molecule has 1 heterocycles. The molecule has 0 bridgehead atoms. The molecule has 1 saturated heterocycles. The summed E-state index contributed by atoms with van der Waals surface area (Å²) in [5.41, 5.74) is 1.28. The number of rotatable bonds is 3. The highest BCUT2D eigenvalue weighted by molar-refractivity contribution is 5.94. The first-order valence-electron chi connectivity index (χ1n) is 5.77. The summed E-state index contributed by atoms with van der Waals surface area (Å²) in [6.07, 6.45) is 3.27. The van der Waals surface area contributed by atoms with Gasteiger partial charge in [-0.3, -0.25) is 9.59 Å². The fourth-order valence-corrected chi connectivity index (χ4v) is 1.82. The van der Waals surface area contributed by atoms with Gasteiger partial charge in [-0.05, 0) is 43.5 Å². The Morgan fingerprint density at radius 3 is 2.65 bits per heavy atom. The van der Waals surface area contributed by atoms with Crippen LogP contribution < -0.4 is 5.32 Å². The van der Waals surface area contributed by atoms with E-state index < -0.39 is 0 Å². The lowest BCUT2D eigenvalue weighted by molar-refractivity contribution is -0.129. The molecule has 0 saturated carbocycles. The Morgan fingerprint density at radius 1 is 1.29 bits per heavy atom. The first-order valence-corrected chi connectivity index (χ1v) is 5.77. The van der Waals surface area contributed by atoms with Crippen molar-refractivity contribution in [2.75, 3.05) is 11.9 Å². The Hall–Kier alpha value is -1.68. The number of benzene rings is 1. The van der Waals surface area contributed by atoms with Crippen LogP contribution in [0.5, 0.6) is 0 Å². The molecule has 1 amide bonds. The zero-order valence-corrected chi connectivity index (χ0v) is 9.52. The van der Waals surface area contributed by atoms with Crippen LogP contribution in [0.2, 0.25) is 0 Å². The molecular weight excluding hydrogens is 218 g/mol. The molecule has 4 nitrogen and oxygen atoms in total. The molecule has 2 rings (SSSR count). The molecule has 1 N–H and O–H groups in total. The van der Waals surface area contributed by atoms with Crippen LogP contribution >= 0.6 is 0 Å². The second kappa shape index (κ2) is 5.59. The zero-order valence-electron chi connectivity index (χ0n) is 9.52. The van der Waals surface area contributed by atoms with Crippen LogP contribution in [0.3, 0.4) is 0 Å². The van der Waals surface area contributed by atoms with Crippen molar-refractivity contribution in [1.82, 2.24) is 0 Å². The molecular formula is C13H15NO3. The lowest BCUT2D eigenvalue weighted by atomic mass is 10.1. The van der Waals surface area contributed by atoms with Crippen molar-refractivity contribution >= 4 is 17.9 Å². The monoisotopic (exact) mass is 233 g/mol. The molecule has 0 aromatic heterocycles. The van der Waals surface area contributed by atoms with Gasteiger partial charge in [0.15, 0.2) is 0 Å². The van der Waals surface area contributed by atoms with Gasteiger partial charge < -0.3 is 10.1 Å².